The van der Waals surface area contributed by atoms with Crippen LogP contribution in [0.25, 0.3) is 0 Å². The molecule has 2 heteroatoms. The second-order valence-electron chi connectivity index (χ2n) is 7.84. The molecule has 0 saturated heterocycles. The van der Waals surface area contributed by atoms with Crippen LogP contribution < -0.4 is 0 Å². The molecule has 1 aromatic carbocycles. The van der Waals surface area contributed by atoms with Gasteiger partial charge in [-0.3, -0.25) is 4.79 Å². The minimum atomic E-state index is -0.728. The van der Waals surface area contributed by atoms with Gasteiger partial charge in [-0.2, -0.15) is 0 Å². The van der Waals surface area contributed by atoms with Crippen LogP contribution in [0.2, 0.25) is 0 Å². The highest BCUT2D eigenvalue weighted by molar-refractivity contribution is 5.72. The molecule has 0 radical (unpaired) electrons. The molecule has 1 aliphatic rings. The molecule has 1 fully saturated rings. The molecule has 1 aliphatic carbocycles. The summed E-state index contributed by atoms with van der Waals surface area (Å²) in [5.74, 6) is 0.823. The van der Waals surface area contributed by atoms with Crippen molar-refractivity contribution in [3.8, 4) is 0 Å². The maximum absolute atomic E-state index is 11.3. The number of carboxylic acids is 1. The molecule has 0 heterocycles. The molecule has 1 aromatic rings. The van der Waals surface area contributed by atoms with Crippen molar-refractivity contribution in [3.63, 3.8) is 0 Å². The third kappa shape index (κ3) is 4.83. The van der Waals surface area contributed by atoms with E-state index in [4.69, 9.17) is 0 Å². The SMILES string of the molecule is CC(C)c1cc(CC2CCCCC2)cc(C(C)C)c1CC(=O)O. The maximum atomic E-state index is 11.3. The lowest BCUT2D eigenvalue weighted by molar-refractivity contribution is -0.136. The van der Waals surface area contributed by atoms with Crippen molar-refractivity contribution in [3.05, 3.63) is 34.4 Å². The van der Waals surface area contributed by atoms with Crippen LogP contribution in [0.3, 0.4) is 0 Å². The van der Waals surface area contributed by atoms with Crippen LogP contribution in [0.15, 0.2) is 12.1 Å². The van der Waals surface area contributed by atoms with Crippen molar-refractivity contribution in [2.24, 2.45) is 5.92 Å². The van der Waals surface area contributed by atoms with Crippen LogP contribution in [0.4, 0.5) is 0 Å². The van der Waals surface area contributed by atoms with Gasteiger partial charge < -0.3 is 5.11 Å². The highest BCUT2D eigenvalue weighted by Crippen LogP contribution is 2.33. The molecular weight excluding hydrogens is 284 g/mol. The first-order chi connectivity index (χ1) is 10.9. The van der Waals surface area contributed by atoms with E-state index < -0.39 is 5.97 Å². The summed E-state index contributed by atoms with van der Waals surface area (Å²) in [4.78, 5) is 11.3. The molecule has 2 nitrogen and oxygen atoms in total. The molecule has 1 saturated carbocycles. The Kier molecular flexibility index (Phi) is 6.26. The second kappa shape index (κ2) is 7.99. The van der Waals surface area contributed by atoms with E-state index in [9.17, 15) is 9.90 Å². The monoisotopic (exact) mass is 316 g/mol. The number of rotatable bonds is 6. The molecule has 0 aliphatic heterocycles. The van der Waals surface area contributed by atoms with Crippen molar-refractivity contribution in [2.75, 3.05) is 0 Å². The predicted octanol–water partition coefficient (Wildman–Crippen LogP) is 5.68. The molecule has 0 atom stereocenters. The van der Waals surface area contributed by atoms with Gasteiger partial charge in [0.05, 0.1) is 6.42 Å². The first kappa shape index (κ1) is 18.0. The van der Waals surface area contributed by atoms with E-state index in [2.05, 4.69) is 39.8 Å². The summed E-state index contributed by atoms with van der Waals surface area (Å²) >= 11 is 0. The Morgan fingerprint density at radius 1 is 1.04 bits per heavy atom. The third-order valence-electron chi connectivity index (χ3n) is 5.20. The fraction of sp³-hybridized carbons (Fsp3) is 0.667. The molecule has 2 rings (SSSR count). The summed E-state index contributed by atoms with van der Waals surface area (Å²) in [6.45, 7) is 8.70. The standard InChI is InChI=1S/C21H32O2/c1-14(2)18-11-17(10-16-8-6-5-7-9-16)12-19(15(3)4)20(18)13-21(22)23/h11-12,14-16H,5-10,13H2,1-4H3,(H,22,23). The van der Waals surface area contributed by atoms with E-state index in [0.717, 1.165) is 17.9 Å². The lowest BCUT2D eigenvalue weighted by Gasteiger charge is -2.25. The average Bonchev–Trinajstić information content (AvgIpc) is 2.48. The number of benzene rings is 1. The van der Waals surface area contributed by atoms with Crippen LogP contribution in [0.1, 0.15) is 93.9 Å². The van der Waals surface area contributed by atoms with Crippen LogP contribution in [0, 0.1) is 5.92 Å². The lowest BCUT2D eigenvalue weighted by atomic mass is 9.81. The van der Waals surface area contributed by atoms with E-state index >= 15 is 0 Å². The summed E-state index contributed by atoms with van der Waals surface area (Å²) in [6, 6.07) is 4.59. The first-order valence-electron chi connectivity index (χ1n) is 9.25. The number of hydrogen-bond acceptors (Lipinski definition) is 1. The Labute approximate surface area is 141 Å². The molecular formula is C21H32O2. The largest absolute Gasteiger partial charge is 0.481 e. The van der Waals surface area contributed by atoms with Gasteiger partial charge in [0.25, 0.3) is 0 Å². The third-order valence-corrected chi connectivity index (χ3v) is 5.20. The van der Waals surface area contributed by atoms with Gasteiger partial charge >= 0.3 is 5.97 Å². The van der Waals surface area contributed by atoms with Gasteiger partial charge in [0.2, 0.25) is 0 Å². The smallest absolute Gasteiger partial charge is 0.307 e. The predicted molar refractivity (Wildman–Crippen MR) is 96.2 cm³/mol. The fourth-order valence-electron chi connectivity index (χ4n) is 4.01. The van der Waals surface area contributed by atoms with E-state index in [-0.39, 0.29) is 6.42 Å². The van der Waals surface area contributed by atoms with Crippen molar-refractivity contribution in [1.82, 2.24) is 0 Å². The Bertz CT molecular complexity index is 508. The summed E-state index contributed by atoms with van der Waals surface area (Å²) in [6.07, 6.45) is 8.14. The zero-order valence-electron chi connectivity index (χ0n) is 15.2. The van der Waals surface area contributed by atoms with Crippen molar-refractivity contribution in [1.29, 1.82) is 0 Å². The molecule has 0 aromatic heterocycles. The molecule has 1 N–H and O–H groups in total. The van der Waals surface area contributed by atoms with Crippen LogP contribution >= 0.6 is 0 Å². The quantitative estimate of drug-likeness (QED) is 0.732. The van der Waals surface area contributed by atoms with Crippen molar-refractivity contribution < 1.29 is 9.90 Å². The molecule has 128 valence electrons. The normalized spacial score (nSPS) is 16.3. The van der Waals surface area contributed by atoms with Crippen LogP contribution in [-0.2, 0) is 17.6 Å². The molecule has 0 amide bonds. The summed E-state index contributed by atoms with van der Waals surface area (Å²) < 4.78 is 0. The van der Waals surface area contributed by atoms with E-state index in [1.54, 1.807) is 0 Å². The van der Waals surface area contributed by atoms with Gasteiger partial charge in [-0.15, -0.1) is 0 Å². The minimum Gasteiger partial charge on any atom is -0.481 e. The minimum absolute atomic E-state index is 0.144. The number of aliphatic carboxylic acids is 1. The number of carbonyl (C=O) groups is 1. The Balaban J connectivity index is 2.38. The maximum Gasteiger partial charge on any atom is 0.307 e. The van der Waals surface area contributed by atoms with Gasteiger partial charge in [-0.05, 0) is 46.4 Å². The number of hydrogen-bond donors (Lipinski definition) is 1. The Morgan fingerprint density at radius 3 is 2.00 bits per heavy atom. The van der Waals surface area contributed by atoms with E-state index in [0.29, 0.717) is 11.8 Å². The fourth-order valence-corrected chi connectivity index (χ4v) is 4.01. The van der Waals surface area contributed by atoms with E-state index in [1.165, 1.54) is 48.8 Å². The van der Waals surface area contributed by atoms with Gasteiger partial charge in [-0.1, -0.05) is 71.9 Å². The Hall–Kier alpha value is -1.31. The topological polar surface area (TPSA) is 37.3 Å². The summed E-state index contributed by atoms with van der Waals surface area (Å²) in [5.41, 5.74) is 4.95. The van der Waals surface area contributed by atoms with Gasteiger partial charge in [0, 0.05) is 0 Å². The van der Waals surface area contributed by atoms with Crippen molar-refractivity contribution in [2.45, 2.75) is 84.5 Å². The lowest BCUT2D eigenvalue weighted by Crippen LogP contribution is -2.13. The van der Waals surface area contributed by atoms with Crippen molar-refractivity contribution >= 4 is 5.97 Å². The van der Waals surface area contributed by atoms with Crippen LogP contribution in [0.5, 0.6) is 0 Å². The zero-order chi connectivity index (χ0) is 17.0. The molecule has 0 unspecified atom stereocenters. The number of carboxylic acid groups (broad SMARTS) is 1. The average molecular weight is 316 g/mol. The first-order valence-corrected chi connectivity index (χ1v) is 9.25. The summed E-state index contributed by atoms with van der Waals surface area (Å²) in [5, 5.41) is 9.31. The molecule has 0 spiro atoms. The van der Waals surface area contributed by atoms with Crippen LogP contribution in [-0.4, -0.2) is 11.1 Å². The second-order valence-corrected chi connectivity index (χ2v) is 7.84. The summed E-state index contributed by atoms with van der Waals surface area (Å²) in [7, 11) is 0. The zero-order valence-corrected chi connectivity index (χ0v) is 15.2. The molecule has 23 heavy (non-hydrogen) atoms. The van der Waals surface area contributed by atoms with Gasteiger partial charge in [0.15, 0.2) is 0 Å². The Morgan fingerprint density at radius 2 is 1.57 bits per heavy atom. The highest BCUT2D eigenvalue weighted by Gasteiger charge is 2.20. The highest BCUT2D eigenvalue weighted by atomic mass is 16.4. The molecule has 0 bridgehead atoms. The van der Waals surface area contributed by atoms with Gasteiger partial charge in [-0.25, -0.2) is 0 Å². The van der Waals surface area contributed by atoms with E-state index in [1.807, 2.05) is 0 Å². The van der Waals surface area contributed by atoms with Gasteiger partial charge in [0.1, 0.15) is 0 Å².